The van der Waals surface area contributed by atoms with Gasteiger partial charge in [0, 0.05) is 13.0 Å². The molecule has 0 aromatic heterocycles. The van der Waals surface area contributed by atoms with Crippen LogP contribution in [0.15, 0.2) is 48.5 Å². The molecular weight excluding hydrogens is 277 g/mol. The number of likely N-dealkylation sites (tertiary alicyclic amines) is 1. The van der Waals surface area contributed by atoms with E-state index in [2.05, 4.69) is 11.8 Å². The van der Waals surface area contributed by atoms with Crippen LogP contribution in [0.5, 0.6) is 5.75 Å². The Morgan fingerprint density at radius 1 is 1.14 bits per heavy atom. The lowest BCUT2D eigenvalue weighted by Crippen LogP contribution is -2.33. The summed E-state index contributed by atoms with van der Waals surface area (Å²) in [5, 5.41) is 0. The third-order valence-electron chi connectivity index (χ3n) is 4.26. The monoisotopic (exact) mass is 299 g/mol. The first-order valence-corrected chi connectivity index (χ1v) is 7.99. The first-order valence-electron chi connectivity index (χ1n) is 7.99. The van der Waals surface area contributed by atoms with Crippen LogP contribution in [-0.2, 0) is 6.42 Å². The summed E-state index contributed by atoms with van der Waals surface area (Å²) in [5.41, 5.74) is 1.82. The topological polar surface area (TPSA) is 12.5 Å². The Morgan fingerprint density at radius 3 is 2.64 bits per heavy atom. The zero-order chi connectivity index (χ0) is 15.4. The maximum absolute atomic E-state index is 13.7. The highest BCUT2D eigenvalue weighted by Crippen LogP contribution is 2.23. The fraction of sp³-hybridized carbons (Fsp3) is 0.368. The minimum atomic E-state index is -0.146. The molecule has 0 aliphatic carbocycles. The van der Waals surface area contributed by atoms with Crippen molar-refractivity contribution in [3.63, 3.8) is 0 Å². The summed E-state index contributed by atoms with van der Waals surface area (Å²) >= 11 is 0. The van der Waals surface area contributed by atoms with Crippen molar-refractivity contribution in [2.75, 3.05) is 13.1 Å². The van der Waals surface area contributed by atoms with Crippen LogP contribution in [0, 0.1) is 5.82 Å². The van der Waals surface area contributed by atoms with Gasteiger partial charge >= 0.3 is 0 Å². The normalized spacial score (nSPS) is 18.5. The highest BCUT2D eigenvalue weighted by Gasteiger charge is 2.24. The van der Waals surface area contributed by atoms with E-state index in [0.29, 0.717) is 6.42 Å². The molecule has 1 heterocycles. The Morgan fingerprint density at radius 2 is 1.91 bits per heavy atom. The molecule has 0 N–H and O–H groups in total. The fourth-order valence-corrected chi connectivity index (χ4v) is 3.00. The molecular formula is C19H22FNO. The van der Waals surface area contributed by atoms with Crippen molar-refractivity contribution >= 4 is 0 Å². The highest BCUT2D eigenvalue weighted by atomic mass is 19.1. The molecule has 0 amide bonds. The summed E-state index contributed by atoms with van der Waals surface area (Å²) in [6.45, 7) is 4.31. The maximum Gasteiger partial charge on any atom is 0.152 e. The third-order valence-corrected chi connectivity index (χ3v) is 4.26. The van der Waals surface area contributed by atoms with Crippen LogP contribution in [0.4, 0.5) is 4.39 Å². The molecule has 1 unspecified atom stereocenters. The highest BCUT2D eigenvalue weighted by molar-refractivity contribution is 5.32. The van der Waals surface area contributed by atoms with E-state index in [-0.39, 0.29) is 12.0 Å². The fourth-order valence-electron chi connectivity index (χ4n) is 3.00. The number of benzene rings is 2. The van der Waals surface area contributed by atoms with Gasteiger partial charge in [0.25, 0.3) is 0 Å². The molecule has 3 heteroatoms. The van der Waals surface area contributed by atoms with Crippen LogP contribution in [0.1, 0.15) is 30.9 Å². The van der Waals surface area contributed by atoms with Crippen molar-refractivity contribution in [2.45, 2.75) is 32.4 Å². The number of hydrogen-bond donors (Lipinski definition) is 0. The van der Waals surface area contributed by atoms with Gasteiger partial charge in [0.15, 0.2) is 6.23 Å². The van der Waals surface area contributed by atoms with Gasteiger partial charge in [-0.3, -0.25) is 4.90 Å². The van der Waals surface area contributed by atoms with E-state index in [1.807, 2.05) is 36.4 Å². The average molecular weight is 299 g/mol. The van der Waals surface area contributed by atoms with Gasteiger partial charge in [-0.15, -0.1) is 0 Å². The van der Waals surface area contributed by atoms with Crippen LogP contribution >= 0.6 is 0 Å². The van der Waals surface area contributed by atoms with E-state index in [4.69, 9.17) is 4.74 Å². The molecule has 2 nitrogen and oxygen atoms in total. The molecule has 1 atom stereocenters. The van der Waals surface area contributed by atoms with Crippen molar-refractivity contribution in [3.05, 3.63) is 65.5 Å². The van der Waals surface area contributed by atoms with Crippen LogP contribution in [0.3, 0.4) is 0 Å². The van der Waals surface area contributed by atoms with Crippen LogP contribution < -0.4 is 4.74 Å². The van der Waals surface area contributed by atoms with E-state index >= 15 is 0 Å². The van der Waals surface area contributed by atoms with Gasteiger partial charge in [-0.05, 0) is 48.7 Å². The lowest BCUT2D eigenvalue weighted by atomic mass is 10.0. The smallest absolute Gasteiger partial charge is 0.152 e. The molecule has 116 valence electrons. The molecule has 1 saturated heterocycles. The molecule has 2 aromatic carbocycles. The van der Waals surface area contributed by atoms with Crippen molar-refractivity contribution in [1.82, 2.24) is 4.90 Å². The zero-order valence-electron chi connectivity index (χ0n) is 13.0. The van der Waals surface area contributed by atoms with Gasteiger partial charge < -0.3 is 4.74 Å². The van der Waals surface area contributed by atoms with Crippen LogP contribution in [-0.4, -0.2) is 24.2 Å². The molecule has 1 aliphatic rings. The van der Waals surface area contributed by atoms with Gasteiger partial charge in [0.1, 0.15) is 11.6 Å². The van der Waals surface area contributed by atoms with Crippen molar-refractivity contribution in [3.8, 4) is 5.75 Å². The van der Waals surface area contributed by atoms with Gasteiger partial charge in [-0.2, -0.15) is 0 Å². The molecule has 0 radical (unpaired) electrons. The molecule has 0 saturated carbocycles. The number of nitrogens with zero attached hydrogens (tertiary/aromatic N) is 1. The Kier molecular flexibility index (Phi) is 4.74. The van der Waals surface area contributed by atoms with Crippen molar-refractivity contribution in [2.24, 2.45) is 0 Å². The molecule has 22 heavy (non-hydrogen) atoms. The van der Waals surface area contributed by atoms with Gasteiger partial charge in [0.05, 0.1) is 0 Å². The molecule has 1 fully saturated rings. The SMILES string of the molecule is CCN1CCCC1Oc1ccc(Cc2ccccc2F)cc1. The average Bonchev–Trinajstić information content (AvgIpc) is 2.99. The molecule has 2 aromatic rings. The van der Waals surface area contributed by atoms with Crippen molar-refractivity contribution < 1.29 is 9.13 Å². The van der Waals surface area contributed by atoms with Gasteiger partial charge in [0.2, 0.25) is 0 Å². The molecule has 1 aliphatic heterocycles. The summed E-state index contributed by atoms with van der Waals surface area (Å²) in [7, 11) is 0. The Balaban J connectivity index is 1.64. The summed E-state index contributed by atoms with van der Waals surface area (Å²) in [6.07, 6.45) is 3.09. The first kappa shape index (κ1) is 15.0. The lowest BCUT2D eigenvalue weighted by molar-refractivity contribution is 0.0650. The minimum absolute atomic E-state index is 0.146. The quantitative estimate of drug-likeness (QED) is 0.819. The summed E-state index contributed by atoms with van der Waals surface area (Å²) in [4.78, 5) is 2.35. The second-order valence-electron chi connectivity index (χ2n) is 5.76. The van der Waals surface area contributed by atoms with E-state index in [9.17, 15) is 4.39 Å². The molecule has 3 rings (SSSR count). The predicted octanol–water partition coefficient (Wildman–Crippen LogP) is 4.24. The van der Waals surface area contributed by atoms with Crippen LogP contribution in [0.2, 0.25) is 0 Å². The first-order chi connectivity index (χ1) is 10.8. The van der Waals surface area contributed by atoms with E-state index in [1.165, 1.54) is 12.5 Å². The zero-order valence-corrected chi connectivity index (χ0v) is 13.0. The molecule has 0 bridgehead atoms. The Bertz CT molecular complexity index is 611. The summed E-state index contributed by atoms with van der Waals surface area (Å²) in [6, 6.07) is 14.9. The summed E-state index contributed by atoms with van der Waals surface area (Å²) < 4.78 is 19.7. The maximum atomic E-state index is 13.7. The van der Waals surface area contributed by atoms with E-state index in [0.717, 1.165) is 36.4 Å². The predicted molar refractivity (Wildman–Crippen MR) is 86.5 cm³/mol. The Labute approximate surface area is 131 Å². The number of ether oxygens (including phenoxy) is 1. The second-order valence-corrected chi connectivity index (χ2v) is 5.76. The molecule has 0 spiro atoms. The number of rotatable bonds is 5. The van der Waals surface area contributed by atoms with Crippen molar-refractivity contribution in [1.29, 1.82) is 0 Å². The standard InChI is InChI=1S/C19H22FNO/c1-2-21-13-5-8-19(21)22-17-11-9-15(10-12-17)14-16-6-3-4-7-18(16)20/h3-4,6-7,9-12,19H,2,5,8,13-14H2,1H3. The largest absolute Gasteiger partial charge is 0.475 e. The van der Waals surface area contributed by atoms with E-state index < -0.39 is 0 Å². The number of halogens is 1. The third kappa shape index (κ3) is 3.47. The summed E-state index contributed by atoms with van der Waals surface area (Å²) in [5.74, 6) is 0.745. The number of hydrogen-bond acceptors (Lipinski definition) is 2. The van der Waals surface area contributed by atoms with Crippen LogP contribution in [0.25, 0.3) is 0 Å². The van der Waals surface area contributed by atoms with E-state index in [1.54, 1.807) is 6.07 Å². The van der Waals surface area contributed by atoms with Gasteiger partial charge in [-0.1, -0.05) is 37.3 Å². The second kappa shape index (κ2) is 6.93. The Hall–Kier alpha value is -1.87. The lowest BCUT2D eigenvalue weighted by Gasteiger charge is -2.23. The van der Waals surface area contributed by atoms with Gasteiger partial charge in [-0.25, -0.2) is 4.39 Å². The minimum Gasteiger partial charge on any atom is -0.475 e.